The first-order chi connectivity index (χ1) is 10.6. The fraction of sp³-hybridized carbons (Fsp3) is 0.176. The Hall–Kier alpha value is -2.27. The largest absolute Gasteiger partial charge is 0.361 e. The number of hydrogen-bond donors (Lipinski definition) is 1. The molecule has 0 bridgehead atoms. The fourth-order valence-electron chi connectivity index (χ4n) is 2.60. The maximum Gasteiger partial charge on any atom is 0.239 e. The normalized spacial score (nSPS) is 11.7. The summed E-state index contributed by atoms with van der Waals surface area (Å²) in [6, 6.07) is 16.8. The molecule has 0 saturated carbocycles. The number of sulfonamides is 1. The lowest BCUT2D eigenvalue weighted by Crippen LogP contribution is -2.31. The summed E-state index contributed by atoms with van der Waals surface area (Å²) in [5.41, 5.74) is 2.49. The summed E-state index contributed by atoms with van der Waals surface area (Å²) in [4.78, 5) is 3.11. The van der Waals surface area contributed by atoms with E-state index >= 15 is 0 Å². The molecule has 0 fully saturated rings. The van der Waals surface area contributed by atoms with Crippen LogP contribution in [-0.2, 0) is 15.8 Å². The second-order valence-corrected chi connectivity index (χ2v) is 7.05. The highest BCUT2D eigenvalue weighted by molar-refractivity contribution is 7.92. The first-order valence-electron chi connectivity index (χ1n) is 7.21. The molecule has 0 atom stereocenters. The average Bonchev–Trinajstić information content (AvgIpc) is 2.96. The van der Waals surface area contributed by atoms with Gasteiger partial charge in [0.25, 0.3) is 0 Å². The minimum atomic E-state index is -3.41. The third-order valence-corrected chi connectivity index (χ3v) is 5.48. The predicted molar refractivity (Wildman–Crippen MR) is 90.4 cm³/mol. The van der Waals surface area contributed by atoms with Gasteiger partial charge in [-0.15, -0.1) is 0 Å². The molecule has 4 nitrogen and oxygen atoms in total. The summed E-state index contributed by atoms with van der Waals surface area (Å²) in [5, 5.41) is 1.01. The lowest BCUT2D eigenvalue weighted by Gasteiger charge is -2.23. The van der Waals surface area contributed by atoms with Gasteiger partial charge in [0.2, 0.25) is 10.0 Å². The van der Waals surface area contributed by atoms with Gasteiger partial charge in [-0.2, -0.15) is 0 Å². The van der Waals surface area contributed by atoms with Crippen LogP contribution in [-0.4, -0.2) is 19.9 Å². The van der Waals surface area contributed by atoms with Crippen LogP contribution in [0.25, 0.3) is 10.9 Å². The number of aromatic nitrogens is 1. The molecule has 0 radical (unpaired) electrons. The summed E-state index contributed by atoms with van der Waals surface area (Å²) < 4.78 is 26.9. The summed E-state index contributed by atoms with van der Waals surface area (Å²) in [7, 11) is -3.41. The van der Waals surface area contributed by atoms with Crippen LogP contribution in [0.15, 0.2) is 60.8 Å². The molecular weight excluding hydrogens is 296 g/mol. The van der Waals surface area contributed by atoms with Crippen LogP contribution >= 0.6 is 0 Å². The van der Waals surface area contributed by atoms with Crippen molar-refractivity contribution in [3.63, 3.8) is 0 Å². The lowest BCUT2D eigenvalue weighted by atomic mass is 10.2. The van der Waals surface area contributed by atoms with Crippen molar-refractivity contribution in [3.8, 4) is 0 Å². The maximum absolute atomic E-state index is 12.7. The highest BCUT2D eigenvalue weighted by Gasteiger charge is 2.21. The minimum absolute atomic E-state index is 0.00680. The number of H-pyrrole nitrogens is 1. The predicted octanol–water partition coefficient (Wildman–Crippen LogP) is 3.52. The van der Waals surface area contributed by atoms with E-state index < -0.39 is 10.0 Å². The SMILES string of the molecule is CCN(c1ccc2[nH]ccc2c1)S(=O)(=O)Cc1ccccc1. The highest BCUT2D eigenvalue weighted by Crippen LogP contribution is 2.25. The van der Waals surface area contributed by atoms with E-state index in [9.17, 15) is 8.42 Å². The van der Waals surface area contributed by atoms with Gasteiger partial charge in [0.1, 0.15) is 0 Å². The van der Waals surface area contributed by atoms with Crippen molar-refractivity contribution >= 4 is 26.6 Å². The smallest absolute Gasteiger partial charge is 0.239 e. The number of anilines is 1. The Kier molecular flexibility index (Phi) is 3.90. The van der Waals surface area contributed by atoms with Gasteiger partial charge in [-0.05, 0) is 36.8 Å². The van der Waals surface area contributed by atoms with Crippen LogP contribution < -0.4 is 4.31 Å². The molecule has 1 N–H and O–H groups in total. The molecule has 0 aliphatic rings. The van der Waals surface area contributed by atoms with Crippen LogP contribution in [0.1, 0.15) is 12.5 Å². The number of nitrogens with one attached hydrogen (secondary N) is 1. The van der Waals surface area contributed by atoms with Crippen molar-refractivity contribution in [2.45, 2.75) is 12.7 Å². The minimum Gasteiger partial charge on any atom is -0.361 e. The standard InChI is InChI=1S/C17H18N2O2S/c1-2-19(16-8-9-17-15(12-16)10-11-18-17)22(20,21)13-14-6-4-3-5-7-14/h3-12,18H,2,13H2,1H3. The van der Waals surface area contributed by atoms with Crippen LogP contribution in [0.2, 0.25) is 0 Å². The number of hydrogen-bond acceptors (Lipinski definition) is 2. The quantitative estimate of drug-likeness (QED) is 0.783. The molecule has 1 heterocycles. The molecule has 5 heteroatoms. The molecule has 3 rings (SSSR count). The van der Waals surface area contributed by atoms with Crippen LogP contribution in [0.4, 0.5) is 5.69 Å². The summed E-state index contributed by atoms with van der Waals surface area (Å²) in [6.07, 6.45) is 1.85. The van der Waals surface area contributed by atoms with Gasteiger partial charge in [-0.1, -0.05) is 30.3 Å². The second kappa shape index (κ2) is 5.85. The van der Waals surface area contributed by atoms with Gasteiger partial charge in [0.15, 0.2) is 0 Å². The molecule has 0 aliphatic heterocycles. The number of nitrogens with zero attached hydrogens (tertiary/aromatic N) is 1. The van der Waals surface area contributed by atoms with Gasteiger partial charge < -0.3 is 4.98 Å². The fourth-order valence-corrected chi connectivity index (χ4v) is 4.20. The van der Waals surface area contributed by atoms with Gasteiger partial charge in [-0.25, -0.2) is 8.42 Å². The molecular formula is C17H18N2O2S. The average molecular weight is 314 g/mol. The van der Waals surface area contributed by atoms with Gasteiger partial charge in [0.05, 0.1) is 11.4 Å². The first-order valence-corrected chi connectivity index (χ1v) is 8.82. The lowest BCUT2D eigenvalue weighted by molar-refractivity contribution is 0.591. The van der Waals surface area contributed by atoms with Crippen LogP contribution in [0.5, 0.6) is 0 Å². The Morgan fingerprint density at radius 1 is 1.05 bits per heavy atom. The molecule has 0 spiro atoms. The van der Waals surface area contributed by atoms with Crippen molar-refractivity contribution in [2.75, 3.05) is 10.8 Å². The Bertz CT molecular complexity index is 870. The van der Waals surface area contributed by atoms with Crippen LogP contribution in [0, 0.1) is 0 Å². The number of rotatable bonds is 5. The third-order valence-electron chi connectivity index (χ3n) is 3.64. The second-order valence-electron chi connectivity index (χ2n) is 5.16. The monoisotopic (exact) mass is 314 g/mol. The van der Waals surface area contributed by atoms with Crippen LogP contribution in [0.3, 0.4) is 0 Å². The van der Waals surface area contributed by atoms with Gasteiger partial charge in [0, 0.05) is 23.6 Å². The highest BCUT2D eigenvalue weighted by atomic mass is 32.2. The molecule has 1 aromatic heterocycles. The van der Waals surface area contributed by atoms with E-state index in [1.165, 1.54) is 4.31 Å². The molecule has 0 saturated heterocycles. The molecule has 0 unspecified atom stereocenters. The zero-order valence-corrected chi connectivity index (χ0v) is 13.2. The maximum atomic E-state index is 12.7. The number of aromatic amines is 1. The van der Waals surface area contributed by atoms with Crippen molar-refractivity contribution < 1.29 is 8.42 Å². The summed E-state index contributed by atoms with van der Waals surface area (Å²) in [5.74, 6) is 0.00680. The zero-order valence-electron chi connectivity index (χ0n) is 12.4. The Morgan fingerprint density at radius 3 is 2.55 bits per heavy atom. The van der Waals surface area contributed by atoms with Gasteiger partial charge in [-0.3, -0.25) is 4.31 Å². The van der Waals surface area contributed by atoms with E-state index in [0.29, 0.717) is 12.2 Å². The molecule has 0 aliphatic carbocycles. The van der Waals surface area contributed by atoms with E-state index in [0.717, 1.165) is 16.5 Å². The van der Waals surface area contributed by atoms with E-state index in [1.54, 1.807) is 0 Å². The Labute approximate surface area is 130 Å². The molecule has 22 heavy (non-hydrogen) atoms. The van der Waals surface area contributed by atoms with Crippen molar-refractivity contribution in [1.29, 1.82) is 0 Å². The third kappa shape index (κ3) is 2.85. The summed E-state index contributed by atoms with van der Waals surface area (Å²) >= 11 is 0. The topological polar surface area (TPSA) is 53.2 Å². The van der Waals surface area contributed by atoms with Crippen molar-refractivity contribution in [2.24, 2.45) is 0 Å². The first kappa shape index (κ1) is 14.7. The zero-order chi connectivity index (χ0) is 15.6. The van der Waals surface area contributed by atoms with Crippen molar-refractivity contribution in [1.82, 2.24) is 4.98 Å². The number of fused-ring (bicyclic) bond motifs is 1. The molecule has 3 aromatic rings. The summed E-state index contributed by atoms with van der Waals surface area (Å²) in [6.45, 7) is 2.26. The molecule has 0 amide bonds. The van der Waals surface area contributed by atoms with E-state index in [2.05, 4.69) is 4.98 Å². The van der Waals surface area contributed by atoms with E-state index in [1.807, 2.05) is 67.7 Å². The number of benzene rings is 2. The van der Waals surface area contributed by atoms with E-state index in [-0.39, 0.29) is 5.75 Å². The van der Waals surface area contributed by atoms with Gasteiger partial charge >= 0.3 is 0 Å². The van der Waals surface area contributed by atoms with E-state index in [4.69, 9.17) is 0 Å². The Balaban J connectivity index is 1.95. The molecule has 114 valence electrons. The Morgan fingerprint density at radius 2 is 1.82 bits per heavy atom. The van der Waals surface area contributed by atoms with Crippen molar-refractivity contribution in [3.05, 3.63) is 66.4 Å². The molecule has 2 aromatic carbocycles.